The third-order valence-corrected chi connectivity index (χ3v) is 3.71. The number of carbonyl (C=O) groups is 1. The van der Waals surface area contributed by atoms with Crippen molar-refractivity contribution in [3.8, 4) is 0 Å². The SMILES string of the molecule is CCc1ccc(NC(=O)Cn2cnc3[nH]c(C)cc3c2=O)cc1. The van der Waals surface area contributed by atoms with Crippen LogP contribution in [-0.2, 0) is 17.8 Å². The molecule has 0 atom stereocenters. The first kappa shape index (κ1) is 15.0. The van der Waals surface area contributed by atoms with Gasteiger partial charge < -0.3 is 10.3 Å². The molecule has 0 fully saturated rings. The van der Waals surface area contributed by atoms with Gasteiger partial charge in [-0.3, -0.25) is 14.2 Å². The van der Waals surface area contributed by atoms with Crippen molar-refractivity contribution in [1.82, 2.24) is 14.5 Å². The molecule has 0 saturated carbocycles. The van der Waals surface area contributed by atoms with Crippen LogP contribution in [0.1, 0.15) is 18.2 Å². The zero-order chi connectivity index (χ0) is 16.4. The lowest BCUT2D eigenvalue weighted by molar-refractivity contribution is -0.116. The quantitative estimate of drug-likeness (QED) is 0.775. The van der Waals surface area contributed by atoms with E-state index >= 15 is 0 Å². The number of amides is 1. The first-order valence-electron chi connectivity index (χ1n) is 7.50. The molecule has 0 aliphatic rings. The van der Waals surface area contributed by atoms with Gasteiger partial charge in [-0.1, -0.05) is 19.1 Å². The number of nitrogens with zero attached hydrogens (tertiary/aromatic N) is 2. The lowest BCUT2D eigenvalue weighted by atomic mass is 10.1. The summed E-state index contributed by atoms with van der Waals surface area (Å²) in [6, 6.07) is 9.39. The molecule has 0 bridgehead atoms. The Labute approximate surface area is 133 Å². The van der Waals surface area contributed by atoms with Gasteiger partial charge in [-0.15, -0.1) is 0 Å². The summed E-state index contributed by atoms with van der Waals surface area (Å²) in [5.74, 6) is -0.259. The summed E-state index contributed by atoms with van der Waals surface area (Å²) in [5, 5.41) is 3.28. The zero-order valence-electron chi connectivity index (χ0n) is 13.1. The van der Waals surface area contributed by atoms with E-state index in [1.54, 1.807) is 6.07 Å². The number of aromatic amines is 1. The van der Waals surface area contributed by atoms with Crippen LogP contribution in [0.15, 0.2) is 41.5 Å². The maximum Gasteiger partial charge on any atom is 0.263 e. The van der Waals surface area contributed by atoms with Gasteiger partial charge >= 0.3 is 0 Å². The van der Waals surface area contributed by atoms with Crippen LogP contribution in [-0.4, -0.2) is 20.4 Å². The number of rotatable bonds is 4. The first-order valence-corrected chi connectivity index (χ1v) is 7.50. The predicted molar refractivity (Wildman–Crippen MR) is 89.5 cm³/mol. The number of aromatic nitrogens is 3. The maximum absolute atomic E-state index is 12.3. The molecule has 0 spiro atoms. The van der Waals surface area contributed by atoms with E-state index in [4.69, 9.17) is 0 Å². The number of aryl methyl sites for hydroxylation is 2. The molecule has 23 heavy (non-hydrogen) atoms. The summed E-state index contributed by atoms with van der Waals surface area (Å²) in [5.41, 5.74) is 3.10. The summed E-state index contributed by atoms with van der Waals surface area (Å²) in [6.07, 6.45) is 2.34. The Morgan fingerprint density at radius 2 is 2.04 bits per heavy atom. The Morgan fingerprint density at radius 3 is 2.74 bits per heavy atom. The van der Waals surface area contributed by atoms with E-state index in [0.29, 0.717) is 16.7 Å². The molecule has 2 aromatic heterocycles. The van der Waals surface area contributed by atoms with Crippen LogP contribution in [0.25, 0.3) is 11.0 Å². The second-order valence-corrected chi connectivity index (χ2v) is 5.49. The molecule has 0 radical (unpaired) electrons. The molecule has 0 unspecified atom stereocenters. The number of benzene rings is 1. The van der Waals surface area contributed by atoms with Crippen LogP contribution in [0, 0.1) is 6.92 Å². The van der Waals surface area contributed by atoms with Crippen molar-refractivity contribution < 1.29 is 4.79 Å². The molecule has 0 aliphatic carbocycles. The van der Waals surface area contributed by atoms with Gasteiger partial charge in [0.1, 0.15) is 18.5 Å². The van der Waals surface area contributed by atoms with Crippen LogP contribution < -0.4 is 10.9 Å². The molecule has 2 heterocycles. The summed E-state index contributed by atoms with van der Waals surface area (Å²) >= 11 is 0. The maximum atomic E-state index is 12.3. The number of carbonyl (C=O) groups excluding carboxylic acids is 1. The largest absolute Gasteiger partial charge is 0.343 e. The number of nitrogens with one attached hydrogen (secondary N) is 2. The Hall–Kier alpha value is -2.89. The van der Waals surface area contributed by atoms with Gasteiger partial charge in [0, 0.05) is 11.4 Å². The second kappa shape index (κ2) is 6.08. The van der Waals surface area contributed by atoms with Gasteiger partial charge in [-0.2, -0.15) is 0 Å². The van der Waals surface area contributed by atoms with Gasteiger partial charge in [0.25, 0.3) is 5.56 Å². The van der Waals surface area contributed by atoms with E-state index in [1.807, 2.05) is 31.2 Å². The fourth-order valence-electron chi connectivity index (χ4n) is 2.47. The highest BCUT2D eigenvalue weighted by atomic mass is 16.2. The second-order valence-electron chi connectivity index (χ2n) is 5.49. The molecule has 0 saturated heterocycles. The van der Waals surface area contributed by atoms with Gasteiger partial charge in [-0.25, -0.2) is 4.98 Å². The van der Waals surface area contributed by atoms with E-state index in [9.17, 15) is 9.59 Å². The van der Waals surface area contributed by atoms with Crippen LogP contribution in [0.2, 0.25) is 0 Å². The molecule has 1 aromatic carbocycles. The molecule has 2 N–H and O–H groups in total. The lowest BCUT2D eigenvalue weighted by Crippen LogP contribution is -2.27. The van der Waals surface area contributed by atoms with E-state index in [2.05, 4.69) is 22.2 Å². The fraction of sp³-hybridized carbons (Fsp3) is 0.235. The van der Waals surface area contributed by atoms with Crippen molar-refractivity contribution in [1.29, 1.82) is 0 Å². The van der Waals surface area contributed by atoms with Crippen LogP contribution >= 0.6 is 0 Å². The zero-order valence-corrected chi connectivity index (χ0v) is 13.1. The number of fused-ring (bicyclic) bond motifs is 1. The fourth-order valence-corrected chi connectivity index (χ4v) is 2.47. The number of H-pyrrole nitrogens is 1. The Balaban J connectivity index is 1.77. The van der Waals surface area contributed by atoms with E-state index in [-0.39, 0.29) is 18.0 Å². The van der Waals surface area contributed by atoms with Crippen molar-refractivity contribution in [3.63, 3.8) is 0 Å². The smallest absolute Gasteiger partial charge is 0.263 e. The third kappa shape index (κ3) is 3.15. The topological polar surface area (TPSA) is 79.8 Å². The van der Waals surface area contributed by atoms with Crippen LogP contribution in [0.5, 0.6) is 0 Å². The highest BCUT2D eigenvalue weighted by molar-refractivity contribution is 5.90. The highest BCUT2D eigenvalue weighted by Crippen LogP contribution is 2.10. The van der Waals surface area contributed by atoms with Crippen LogP contribution in [0.4, 0.5) is 5.69 Å². The van der Waals surface area contributed by atoms with E-state index in [0.717, 1.165) is 12.1 Å². The molecule has 1 amide bonds. The number of hydrogen-bond acceptors (Lipinski definition) is 3. The Morgan fingerprint density at radius 1 is 1.30 bits per heavy atom. The summed E-state index contributed by atoms with van der Waals surface area (Å²) in [6.45, 7) is 3.87. The number of hydrogen-bond donors (Lipinski definition) is 2. The molecular formula is C17H18N4O2. The molecule has 0 aliphatic heterocycles. The summed E-state index contributed by atoms with van der Waals surface area (Å²) in [4.78, 5) is 31.6. The lowest BCUT2D eigenvalue weighted by Gasteiger charge is -2.07. The minimum Gasteiger partial charge on any atom is -0.343 e. The predicted octanol–water partition coefficient (Wildman–Crippen LogP) is 2.23. The Kier molecular flexibility index (Phi) is 3.97. The minimum atomic E-state index is -0.259. The molecule has 6 heteroatoms. The molecule has 118 valence electrons. The molecule has 3 rings (SSSR count). The first-order chi connectivity index (χ1) is 11.1. The Bertz CT molecular complexity index is 906. The summed E-state index contributed by atoms with van der Waals surface area (Å²) < 4.78 is 1.31. The number of anilines is 1. The van der Waals surface area contributed by atoms with Gasteiger partial charge in [0.2, 0.25) is 5.91 Å². The van der Waals surface area contributed by atoms with E-state index < -0.39 is 0 Å². The average molecular weight is 310 g/mol. The van der Waals surface area contributed by atoms with E-state index in [1.165, 1.54) is 16.5 Å². The molecule has 3 aromatic rings. The molecular weight excluding hydrogens is 292 g/mol. The van der Waals surface area contributed by atoms with Crippen LogP contribution in [0.3, 0.4) is 0 Å². The average Bonchev–Trinajstić information content (AvgIpc) is 2.92. The van der Waals surface area contributed by atoms with Gasteiger partial charge in [-0.05, 0) is 37.1 Å². The van der Waals surface area contributed by atoms with Crippen molar-refractivity contribution >= 4 is 22.6 Å². The normalized spacial score (nSPS) is 10.9. The summed E-state index contributed by atoms with van der Waals surface area (Å²) in [7, 11) is 0. The minimum absolute atomic E-state index is 0.0679. The van der Waals surface area contributed by atoms with Crippen molar-refractivity contribution in [2.75, 3.05) is 5.32 Å². The molecule has 6 nitrogen and oxygen atoms in total. The van der Waals surface area contributed by atoms with Crippen molar-refractivity contribution in [2.24, 2.45) is 0 Å². The monoisotopic (exact) mass is 310 g/mol. The third-order valence-electron chi connectivity index (χ3n) is 3.71. The van der Waals surface area contributed by atoms with Gasteiger partial charge in [0.05, 0.1) is 5.39 Å². The van der Waals surface area contributed by atoms with Crippen molar-refractivity contribution in [3.05, 3.63) is 58.3 Å². The highest BCUT2D eigenvalue weighted by Gasteiger charge is 2.10. The standard InChI is InChI=1S/C17H18N4O2/c1-3-12-4-6-13(7-5-12)20-15(22)9-21-10-18-16-14(17(21)23)8-11(2)19-16/h4-8,10,19H,3,9H2,1-2H3,(H,20,22). The van der Waals surface area contributed by atoms with Gasteiger partial charge in [0.15, 0.2) is 0 Å². The van der Waals surface area contributed by atoms with Crippen molar-refractivity contribution in [2.45, 2.75) is 26.8 Å².